The van der Waals surface area contributed by atoms with Crippen LogP contribution >= 0.6 is 0 Å². The average molecular weight is 227 g/mol. The molecule has 0 amide bonds. The fraction of sp³-hybridized carbons (Fsp3) is 0.500. The molecule has 3 N–H and O–H groups in total. The van der Waals surface area contributed by atoms with Gasteiger partial charge in [-0.1, -0.05) is 25.0 Å². The summed E-state index contributed by atoms with van der Waals surface area (Å²) in [7, 11) is 0. The molecule has 0 atom stereocenters. The maximum absolute atomic E-state index is 14.2. The van der Waals surface area contributed by atoms with Gasteiger partial charge < -0.3 is 10.8 Å². The molecule has 1 saturated carbocycles. The zero-order chi connectivity index (χ0) is 11.8. The van der Waals surface area contributed by atoms with Crippen LogP contribution in [-0.2, 0) is 5.92 Å². The molecule has 2 rings (SSSR count). The summed E-state index contributed by atoms with van der Waals surface area (Å²) >= 11 is 0. The van der Waals surface area contributed by atoms with Gasteiger partial charge in [0.25, 0.3) is 5.92 Å². The van der Waals surface area contributed by atoms with E-state index >= 15 is 0 Å². The zero-order valence-corrected chi connectivity index (χ0v) is 8.92. The third kappa shape index (κ3) is 1.67. The van der Waals surface area contributed by atoms with Crippen molar-refractivity contribution in [2.75, 3.05) is 0 Å². The van der Waals surface area contributed by atoms with Crippen LogP contribution in [0.3, 0.4) is 0 Å². The molecule has 0 spiro atoms. The van der Waals surface area contributed by atoms with Crippen molar-refractivity contribution in [1.82, 2.24) is 0 Å². The summed E-state index contributed by atoms with van der Waals surface area (Å²) in [5, 5.41) is 9.23. The van der Waals surface area contributed by atoms with E-state index in [1.165, 1.54) is 18.2 Å². The number of hydrogen-bond acceptors (Lipinski definition) is 2. The fourth-order valence-corrected chi connectivity index (χ4v) is 2.31. The van der Waals surface area contributed by atoms with Gasteiger partial charge in [-0.2, -0.15) is 8.78 Å². The second kappa shape index (κ2) is 3.70. The number of benzene rings is 1. The largest absolute Gasteiger partial charge is 0.508 e. The van der Waals surface area contributed by atoms with E-state index in [4.69, 9.17) is 5.73 Å². The summed E-state index contributed by atoms with van der Waals surface area (Å²) in [6.07, 6.45) is 2.14. The smallest absolute Gasteiger partial charge is 0.290 e. The molecule has 4 heteroatoms. The van der Waals surface area contributed by atoms with Gasteiger partial charge in [0, 0.05) is 5.56 Å². The minimum absolute atomic E-state index is 0.154. The summed E-state index contributed by atoms with van der Waals surface area (Å²) in [4.78, 5) is 0. The number of aromatic hydroxyl groups is 1. The molecular formula is C12H15F2NO. The van der Waals surface area contributed by atoms with Crippen LogP contribution in [0.15, 0.2) is 24.3 Å². The van der Waals surface area contributed by atoms with Crippen LogP contribution in [0.4, 0.5) is 8.78 Å². The van der Waals surface area contributed by atoms with E-state index in [0.29, 0.717) is 12.8 Å². The fourth-order valence-electron chi connectivity index (χ4n) is 2.31. The van der Waals surface area contributed by atoms with Crippen molar-refractivity contribution in [3.63, 3.8) is 0 Å². The van der Waals surface area contributed by atoms with Crippen LogP contribution in [-0.4, -0.2) is 10.6 Å². The summed E-state index contributed by atoms with van der Waals surface area (Å²) in [5.74, 6) is -3.24. The Labute approximate surface area is 93.1 Å². The maximum atomic E-state index is 14.2. The highest BCUT2D eigenvalue weighted by atomic mass is 19.3. The Bertz CT molecular complexity index is 386. The molecule has 1 fully saturated rings. The van der Waals surface area contributed by atoms with Gasteiger partial charge in [-0.15, -0.1) is 0 Å². The zero-order valence-electron chi connectivity index (χ0n) is 8.92. The topological polar surface area (TPSA) is 46.2 Å². The molecule has 2 nitrogen and oxygen atoms in total. The first-order valence-corrected chi connectivity index (χ1v) is 5.42. The van der Waals surface area contributed by atoms with Gasteiger partial charge in [-0.3, -0.25) is 0 Å². The lowest BCUT2D eigenvalue weighted by atomic mass is 9.86. The van der Waals surface area contributed by atoms with Gasteiger partial charge in [0.2, 0.25) is 0 Å². The first-order chi connectivity index (χ1) is 7.46. The van der Waals surface area contributed by atoms with Crippen molar-refractivity contribution in [1.29, 1.82) is 0 Å². The molecule has 88 valence electrons. The number of hydrogen-bond donors (Lipinski definition) is 2. The van der Waals surface area contributed by atoms with Crippen LogP contribution in [0, 0.1) is 0 Å². The SMILES string of the molecule is NC1(C(F)(F)c2cccc(O)c2)CCCC1. The van der Waals surface area contributed by atoms with Crippen molar-refractivity contribution in [2.45, 2.75) is 37.1 Å². The molecule has 1 aromatic rings. The quantitative estimate of drug-likeness (QED) is 0.816. The van der Waals surface area contributed by atoms with E-state index in [-0.39, 0.29) is 11.3 Å². The van der Waals surface area contributed by atoms with Crippen molar-refractivity contribution in [3.8, 4) is 5.75 Å². The number of alkyl halides is 2. The number of phenolic OH excluding ortho intramolecular Hbond substituents is 1. The molecule has 0 aliphatic heterocycles. The van der Waals surface area contributed by atoms with Gasteiger partial charge in [0.05, 0.1) is 5.54 Å². The second-order valence-electron chi connectivity index (χ2n) is 4.49. The molecule has 0 heterocycles. The summed E-state index contributed by atoms with van der Waals surface area (Å²) in [6, 6.07) is 5.19. The van der Waals surface area contributed by atoms with Gasteiger partial charge in [-0.25, -0.2) is 0 Å². The third-order valence-corrected chi connectivity index (χ3v) is 3.33. The maximum Gasteiger partial charge on any atom is 0.290 e. The van der Waals surface area contributed by atoms with E-state index in [2.05, 4.69) is 0 Å². The number of rotatable bonds is 2. The Kier molecular flexibility index (Phi) is 2.62. The molecule has 0 saturated heterocycles. The minimum atomic E-state index is -3.08. The second-order valence-corrected chi connectivity index (χ2v) is 4.49. The van der Waals surface area contributed by atoms with E-state index in [0.717, 1.165) is 18.9 Å². The van der Waals surface area contributed by atoms with E-state index < -0.39 is 11.5 Å². The lowest BCUT2D eigenvalue weighted by molar-refractivity contribution is -0.0795. The monoisotopic (exact) mass is 227 g/mol. The predicted octanol–water partition coefficient (Wildman–Crippen LogP) is 2.76. The van der Waals surface area contributed by atoms with Crippen LogP contribution < -0.4 is 5.73 Å². The Balaban J connectivity index is 2.37. The molecule has 0 radical (unpaired) electrons. The summed E-state index contributed by atoms with van der Waals surface area (Å²) < 4.78 is 28.4. The van der Waals surface area contributed by atoms with Crippen LogP contribution in [0.1, 0.15) is 31.2 Å². The molecule has 0 bridgehead atoms. The Hall–Kier alpha value is -1.16. The molecule has 16 heavy (non-hydrogen) atoms. The highest BCUT2D eigenvalue weighted by molar-refractivity contribution is 5.32. The molecular weight excluding hydrogens is 212 g/mol. The van der Waals surface area contributed by atoms with Crippen molar-refractivity contribution in [3.05, 3.63) is 29.8 Å². The van der Waals surface area contributed by atoms with Crippen LogP contribution in [0.25, 0.3) is 0 Å². The lowest BCUT2D eigenvalue weighted by Crippen LogP contribution is -2.51. The highest BCUT2D eigenvalue weighted by Gasteiger charge is 2.53. The van der Waals surface area contributed by atoms with E-state index in [9.17, 15) is 13.9 Å². The number of halogens is 2. The Morgan fingerprint density at radius 3 is 2.44 bits per heavy atom. The number of nitrogens with two attached hydrogens (primary N) is 1. The van der Waals surface area contributed by atoms with Crippen molar-refractivity contribution >= 4 is 0 Å². The van der Waals surface area contributed by atoms with Gasteiger partial charge in [0.15, 0.2) is 0 Å². The first-order valence-electron chi connectivity index (χ1n) is 5.42. The van der Waals surface area contributed by atoms with E-state index in [1.807, 2.05) is 0 Å². The lowest BCUT2D eigenvalue weighted by Gasteiger charge is -2.33. The van der Waals surface area contributed by atoms with Crippen molar-refractivity contribution in [2.24, 2.45) is 5.73 Å². The average Bonchev–Trinajstić information content (AvgIpc) is 2.67. The Morgan fingerprint density at radius 1 is 1.25 bits per heavy atom. The molecule has 1 aliphatic carbocycles. The summed E-state index contributed by atoms with van der Waals surface area (Å²) in [6.45, 7) is 0. The van der Waals surface area contributed by atoms with Gasteiger partial charge in [0.1, 0.15) is 5.75 Å². The van der Waals surface area contributed by atoms with Crippen molar-refractivity contribution < 1.29 is 13.9 Å². The molecule has 1 aliphatic rings. The van der Waals surface area contributed by atoms with E-state index in [1.54, 1.807) is 0 Å². The molecule has 0 unspecified atom stereocenters. The molecule has 0 aromatic heterocycles. The predicted molar refractivity (Wildman–Crippen MR) is 57.4 cm³/mol. The Morgan fingerprint density at radius 2 is 1.88 bits per heavy atom. The van der Waals surface area contributed by atoms with Crippen LogP contribution in [0.5, 0.6) is 5.75 Å². The normalized spacial score (nSPS) is 19.9. The minimum Gasteiger partial charge on any atom is -0.508 e. The van der Waals surface area contributed by atoms with Gasteiger partial charge >= 0.3 is 0 Å². The third-order valence-electron chi connectivity index (χ3n) is 3.33. The molecule has 1 aromatic carbocycles. The highest BCUT2D eigenvalue weighted by Crippen LogP contribution is 2.46. The standard InChI is InChI=1S/C12H15F2NO/c13-12(14,11(15)6-1-2-7-11)9-4-3-5-10(16)8-9/h3-5,8,16H,1-2,6-7,15H2. The first kappa shape index (κ1) is 11.3. The number of phenols is 1. The summed E-state index contributed by atoms with van der Waals surface area (Å²) in [5.41, 5.74) is 4.13. The van der Waals surface area contributed by atoms with Crippen LogP contribution in [0.2, 0.25) is 0 Å². The van der Waals surface area contributed by atoms with Gasteiger partial charge in [-0.05, 0) is 25.0 Å².